The van der Waals surface area contributed by atoms with Crippen LogP contribution < -0.4 is 25.2 Å². The Hall–Kier alpha value is -4.57. The number of aliphatic hydroxyl groups is 1. The van der Waals surface area contributed by atoms with E-state index in [0.717, 1.165) is 5.01 Å². The molecule has 3 aromatic carbocycles. The van der Waals surface area contributed by atoms with Gasteiger partial charge < -0.3 is 24.6 Å². The molecule has 0 spiro atoms. The lowest BCUT2D eigenvalue weighted by atomic mass is 10.0. The van der Waals surface area contributed by atoms with Crippen molar-refractivity contribution in [2.24, 2.45) is 0 Å². The van der Waals surface area contributed by atoms with Crippen molar-refractivity contribution < 1.29 is 33.7 Å². The van der Waals surface area contributed by atoms with Gasteiger partial charge in [-0.2, -0.15) is 5.01 Å². The first-order valence-corrected chi connectivity index (χ1v) is 12.2. The molecule has 0 fully saturated rings. The highest BCUT2D eigenvalue weighted by molar-refractivity contribution is 6.00. The number of rotatable bonds is 8. The summed E-state index contributed by atoms with van der Waals surface area (Å²) in [6, 6.07) is 18.9. The van der Waals surface area contributed by atoms with Crippen LogP contribution in [0.4, 0.5) is 10.5 Å². The highest BCUT2D eigenvalue weighted by Gasteiger charge is 2.26. The molecule has 0 aliphatic carbocycles. The molecule has 206 valence electrons. The number of carbonyl (C=O) groups excluding carboxylic acids is 3. The third-order valence-electron chi connectivity index (χ3n) is 5.51. The third kappa shape index (κ3) is 7.71. The van der Waals surface area contributed by atoms with E-state index in [4.69, 9.17) is 14.2 Å². The van der Waals surface area contributed by atoms with Crippen LogP contribution in [0.5, 0.6) is 11.5 Å². The van der Waals surface area contributed by atoms with Gasteiger partial charge in [0.2, 0.25) is 0 Å². The van der Waals surface area contributed by atoms with Crippen molar-refractivity contribution in [1.82, 2.24) is 10.7 Å². The summed E-state index contributed by atoms with van der Waals surface area (Å²) < 4.78 is 15.9. The molecule has 0 aliphatic rings. The van der Waals surface area contributed by atoms with Gasteiger partial charge in [0.1, 0.15) is 5.60 Å². The number of hydrogen-bond donors (Lipinski definition) is 3. The molecule has 0 aromatic heterocycles. The van der Waals surface area contributed by atoms with Crippen molar-refractivity contribution in [2.45, 2.75) is 32.4 Å². The summed E-state index contributed by atoms with van der Waals surface area (Å²) in [5, 5.41) is 13.8. The number of amides is 3. The molecule has 0 saturated heterocycles. The number of para-hydroxylation sites is 1. The van der Waals surface area contributed by atoms with Crippen LogP contribution in [0.1, 0.15) is 53.1 Å². The Morgan fingerprint density at radius 2 is 1.46 bits per heavy atom. The molecule has 1 atom stereocenters. The molecule has 10 heteroatoms. The minimum atomic E-state index is -0.767. The van der Waals surface area contributed by atoms with E-state index >= 15 is 0 Å². The van der Waals surface area contributed by atoms with E-state index in [0.29, 0.717) is 28.3 Å². The van der Waals surface area contributed by atoms with E-state index in [1.807, 2.05) is 0 Å². The van der Waals surface area contributed by atoms with Crippen molar-refractivity contribution >= 4 is 23.6 Å². The Morgan fingerprint density at radius 1 is 0.846 bits per heavy atom. The SMILES string of the molecule is COc1ccc(C(=O)NC(CO)c2ccc(C(=O)NN(C(=O)OC(C)(C)C)c3ccccc3)cc2)cc1OC. The summed E-state index contributed by atoms with van der Waals surface area (Å²) in [6.07, 6.45) is -0.739. The maximum Gasteiger partial charge on any atom is 0.434 e. The topological polar surface area (TPSA) is 126 Å². The summed E-state index contributed by atoms with van der Waals surface area (Å²) in [5.74, 6) is -0.0880. The second-order valence-electron chi connectivity index (χ2n) is 9.49. The molecule has 3 amide bonds. The Balaban J connectivity index is 1.74. The van der Waals surface area contributed by atoms with Crippen LogP contribution in [-0.4, -0.2) is 49.4 Å². The summed E-state index contributed by atoms with van der Waals surface area (Å²) >= 11 is 0. The van der Waals surface area contributed by atoms with Crippen LogP contribution in [0.2, 0.25) is 0 Å². The average molecular weight is 536 g/mol. The van der Waals surface area contributed by atoms with Crippen molar-refractivity contribution in [3.63, 3.8) is 0 Å². The number of nitrogens with one attached hydrogen (secondary N) is 2. The van der Waals surface area contributed by atoms with Gasteiger partial charge in [-0.3, -0.25) is 15.0 Å². The standard InChI is InChI=1S/C29H33N3O7/c1-29(2,3)39-28(36)32(22-9-7-6-8-10-22)31-27(35)20-13-11-19(12-14-20)23(18-33)30-26(34)21-15-16-24(37-4)25(17-21)38-5/h6-17,23,33H,18H2,1-5H3,(H,30,34)(H,31,35). The Bertz CT molecular complexity index is 1290. The Labute approximate surface area is 227 Å². The van der Waals surface area contributed by atoms with Crippen molar-refractivity contribution in [2.75, 3.05) is 25.8 Å². The molecule has 0 bridgehead atoms. The van der Waals surface area contributed by atoms with Crippen molar-refractivity contribution in [1.29, 1.82) is 0 Å². The lowest BCUT2D eigenvalue weighted by molar-refractivity contribution is 0.0548. The van der Waals surface area contributed by atoms with Gasteiger partial charge in [0, 0.05) is 11.1 Å². The van der Waals surface area contributed by atoms with Gasteiger partial charge >= 0.3 is 6.09 Å². The first-order valence-electron chi connectivity index (χ1n) is 12.2. The largest absolute Gasteiger partial charge is 0.493 e. The molecule has 0 radical (unpaired) electrons. The maximum absolute atomic E-state index is 13.0. The molecule has 3 rings (SSSR count). The van der Waals surface area contributed by atoms with Crippen LogP contribution in [-0.2, 0) is 4.74 Å². The first-order chi connectivity index (χ1) is 18.6. The molecule has 3 N–H and O–H groups in total. The number of ether oxygens (including phenoxy) is 3. The molecule has 1 unspecified atom stereocenters. The van der Waals surface area contributed by atoms with Gasteiger partial charge in [-0.05, 0) is 68.8 Å². The van der Waals surface area contributed by atoms with E-state index in [-0.39, 0.29) is 12.2 Å². The first kappa shape index (κ1) is 29.0. The fourth-order valence-corrected chi connectivity index (χ4v) is 3.59. The zero-order chi connectivity index (χ0) is 28.6. The highest BCUT2D eigenvalue weighted by atomic mass is 16.6. The number of nitrogens with zero attached hydrogens (tertiary/aromatic N) is 1. The molecule has 0 aliphatic heterocycles. The fourth-order valence-electron chi connectivity index (χ4n) is 3.59. The zero-order valence-corrected chi connectivity index (χ0v) is 22.6. The van der Waals surface area contributed by atoms with E-state index in [2.05, 4.69) is 10.7 Å². The van der Waals surface area contributed by atoms with Gasteiger partial charge in [-0.25, -0.2) is 4.79 Å². The number of carbonyl (C=O) groups is 3. The lowest BCUT2D eigenvalue weighted by Crippen LogP contribution is -2.48. The molecule has 3 aromatic rings. The second-order valence-corrected chi connectivity index (χ2v) is 9.49. The van der Waals surface area contributed by atoms with Crippen LogP contribution in [0.25, 0.3) is 0 Å². The van der Waals surface area contributed by atoms with E-state index < -0.39 is 29.6 Å². The van der Waals surface area contributed by atoms with E-state index in [1.165, 1.54) is 26.4 Å². The number of methoxy groups -OCH3 is 2. The molecule has 0 saturated carbocycles. The molecule has 39 heavy (non-hydrogen) atoms. The Morgan fingerprint density at radius 3 is 2.03 bits per heavy atom. The smallest absolute Gasteiger partial charge is 0.434 e. The van der Waals surface area contributed by atoms with Gasteiger partial charge in [-0.1, -0.05) is 30.3 Å². The summed E-state index contributed by atoms with van der Waals surface area (Å²) in [7, 11) is 2.97. The zero-order valence-electron chi connectivity index (χ0n) is 22.6. The lowest BCUT2D eigenvalue weighted by Gasteiger charge is -2.27. The molecular weight excluding hydrogens is 502 g/mol. The number of aliphatic hydroxyl groups excluding tert-OH is 1. The average Bonchev–Trinajstić information content (AvgIpc) is 2.93. The van der Waals surface area contributed by atoms with E-state index in [1.54, 1.807) is 81.4 Å². The van der Waals surface area contributed by atoms with Crippen LogP contribution in [0.15, 0.2) is 72.8 Å². The van der Waals surface area contributed by atoms with Gasteiger partial charge in [0.05, 0.1) is 32.6 Å². The minimum absolute atomic E-state index is 0.256. The predicted octanol–water partition coefficient (Wildman–Crippen LogP) is 4.25. The van der Waals surface area contributed by atoms with Crippen molar-refractivity contribution in [3.8, 4) is 11.5 Å². The molecule has 0 heterocycles. The monoisotopic (exact) mass is 535 g/mol. The van der Waals surface area contributed by atoms with Gasteiger partial charge in [0.15, 0.2) is 11.5 Å². The quantitative estimate of drug-likeness (QED) is 0.368. The third-order valence-corrected chi connectivity index (χ3v) is 5.51. The predicted molar refractivity (Wildman–Crippen MR) is 146 cm³/mol. The Kier molecular flexibility index (Phi) is 9.51. The molecule has 10 nitrogen and oxygen atoms in total. The number of anilines is 1. The normalized spacial score (nSPS) is 11.6. The minimum Gasteiger partial charge on any atom is -0.493 e. The molecular formula is C29H33N3O7. The van der Waals surface area contributed by atoms with Gasteiger partial charge in [-0.15, -0.1) is 0 Å². The fraction of sp³-hybridized carbons (Fsp3) is 0.276. The van der Waals surface area contributed by atoms with Crippen LogP contribution >= 0.6 is 0 Å². The number of hydrogen-bond acceptors (Lipinski definition) is 7. The second kappa shape index (κ2) is 12.8. The number of benzene rings is 3. The van der Waals surface area contributed by atoms with Crippen LogP contribution in [0, 0.1) is 0 Å². The van der Waals surface area contributed by atoms with Crippen molar-refractivity contribution in [3.05, 3.63) is 89.5 Å². The van der Waals surface area contributed by atoms with Gasteiger partial charge in [0.25, 0.3) is 11.8 Å². The maximum atomic E-state index is 13.0. The summed E-state index contributed by atoms with van der Waals surface area (Å²) in [4.78, 5) is 38.7. The summed E-state index contributed by atoms with van der Waals surface area (Å²) in [5.41, 5.74) is 3.40. The summed E-state index contributed by atoms with van der Waals surface area (Å²) in [6.45, 7) is 4.83. The number of hydrazine groups is 1. The highest BCUT2D eigenvalue weighted by Crippen LogP contribution is 2.28. The van der Waals surface area contributed by atoms with E-state index in [9.17, 15) is 19.5 Å². The van der Waals surface area contributed by atoms with Crippen LogP contribution in [0.3, 0.4) is 0 Å².